The Morgan fingerprint density at radius 3 is 2.82 bits per heavy atom. The second kappa shape index (κ2) is 8.66. The number of fused-ring (bicyclic) bond motifs is 1. The first-order chi connectivity index (χ1) is 16.1. The van der Waals surface area contributed by atoms with Crippen LogP contribution >= 0.6 is 0 Å². The molecule has 3 heterocycles. The van der Waals surface area contributed by atoms with Crippen molar-refractivity contribution >= 4 is 17.3 Å². The molecule has 2 aromatic carbocycles. The highest BCUT2D eigenvalue weighted by atomic mass is 16.5. The van der Waals surface area contributed by atoms with Gasteiger partial charge in [0.15, 0.2) is 0 Å². The zero-order valence-corrected chi connectivity index (χ0v) is 18.0. The fourth-order valence-electron chi connectivity index (χ4n) is 4.01. The highest BCUT2D eigenvalue weighted by Gasteiger charge is 2.24. The first-order valence-corrected chi connectivity index (χ1v) is 10.6. The third-order valence-corrected chi connectivity index (χ3v) is 5.74. The lowest BCUT2D eigenvalue weighted by Crippen LogP contribution is -2.22. The van der Waals surface area contributed by atoms with Crippen molar-refractivity contribution in [1.29, 1.82) is 0 Å². The van der Waals surface area contributed by atoms with Crippen LogP contribution in [0.1, 0.15) is 33.1 Å². The van der Waals surface area contributed by atoms with Crippen LogP contribution in [-0.4, -0.2) is 27.8 Å². The van der Waals surface area contributed by atoms with Crippen LogP contribution in [0.5, 0.6) is 5.75 Å². The van der Waals surface area contributed by atoms with Crippen molar-refractivity contribution in [1.82, 2.24) is 14.8 Å². The molecule has 0 aliphatic carbocycles. The molecule has 166 valence electrons. The van der Waals surface area contributed by atoms with E-state index in [1.165, 1.54) is 6.20 Å². The van der Waals surface area contributed by atoms with E-state index in [-0.39, 0.29) is 17.5 Å². The zero-order chi connectivity index (χ0) is 22.8. The minimum absolute atomic E-state index is 0.175. The average molecular weight is 441 g/mol. The van der Waals surface area contributed by atoms with E-state index in [0.717, 1.165) is 22.6 Å². The Bertz CT molecular complexity index is 1330. The second-order valence-electron chi connectivity index (χ2n) is 7.96. The number of nitrogens with zero attached hydrogens (tertiary/aromatic N) is 2. The number of anilines is 2. The third kappa shape index (κ3) is 4.36. The topological polar surface area (TPSA) is 101 Å². The number of benzene rings is 2. The van der Waals surface area contributed by atoms with Gasteiger partial charge in [-0.25, -0.2) is 0 Å². The lowest BCUT2D eigenvalue weighted by atomic mass is 10.0. The number of carbonyl (C=O) groups excluding carboxylic acids is 1. The minimum Gasteiger partial charge on any atom is -0.497 e. The Kier molecular flexibility index (Phi) is 5.40. The Morgan fingerprint density at radius 1 is 1.21 bits per heavy atom. The van der Waals surface area contributed by atoms with E-state index in [4.69, 9.17) is 4.74 Å². The Balaban J connectivity index is 1.28. The standard InChI is InChI=1S/C25H23N5O3/c1-33-20-8-6-16(7-9-20)14-30-15-19(13-27-30)28-24(31)18-10-21(25(32)26-12-18)23-11-17-4-2-3-5-22(17)29-23/h2-10,12-13,15,23,29H,11,14H2,1H3,(H,26,32)(H,28,31). The number of aromatic nitrogens is 3. The van der Waals surface area contributed by atoms with Crippen molar-refractivity contribution < 1.29 is 9.53 Å². The molecule has 1 aliphatic heterocycles. The number of carbonyl (C=O) groups is 1. The number of para-hydroxylation sites is 1. The summed E-state index contributed by atoms with van der Waals surface area (Å²) in [6.45, 7) is 0.566. The largest absolute Gasteiger partial charge is 0.497 e. The molecule has 0 fully saturated rings. The van der Waals surface area contributed by atoms with Gasteiger partial charge >= 0.3 is 0 Å². The van der Waals surface area contributed by atoms with E-state index in [0.29, 0.717) is 29.8 Å². The Morgan fingerprint density at radius 2 is 2.03 bits per heavy atom. The van der Waals surface area contributed by atoms with Gasteiger partial charge in [-0.2, -0.15) is 5.10 Å². The van der Waals surface area contributed by atoms with Gasteiger partial charge in [0.25, 0.3) is 11.5 Å². The molecule has 1 unspecified atom stereocenters. The number of pyridine rings is 1. The van der Waals surface area contributed by atoms with Crippen molar-refractivity contribution in [2.75, 3.05) is 17.7 Å². The van der Waals surface area contributed by atoms with E-state index < -0.39 is 0 Å². The van der Waals surface area contributed by atoms with Gasteiger partial charge < -0.3 is 20.4 Å². The normalized spacial score (nSPS) is 14.4. The van der Waals surface area contributed by atoms with Crippen molar-refractivity contribution in [2.24, 2.45) is 0 Å². The predicted molar refractivity (Wildman–Crippen MR) is 126 cm³/mol. The summed E-state index contributed by atoms with van der Waals surface area (Å²) in [5, 5.41) is 10.5. The number of rotatable bonds is 6. The van der Waals surface area contributed by atoms with E-state index >= 15 is 0 Å². The molecule has 1 aliphatic rings. The summed E-state index contributed by atoms with van der Waals surface area (Å²) in [7, 11) is 1.63. The predicted octanol–water partition coefficient (Wildman–Crippen LogP) is 3.59. The lowest BCUT2D eigenvalue weighted by Gasteiger charge is -2.12. The van der Waals surface area contributed by atoms with E-state index in [1.807, 2.05) is 48.5 Å². The fraction of sp³-hybridized carbons (Fsp3) is 0.160. The molecule has 0 spiro atoms. The number of H-pyrrole nitrogens is 1. The number of aromatic amines is 1. The van der Waals surface area contributed by atoms with Crippen LogP contribution < -0.4 is 20.9 Å². The van der Waals surface area contributed by atoms with Gasteiger partial charge in [0.05, 0.1) is 37.1 Å². The quantitative estimate of drug-likeness (QED) is 0.425. The first-order valence-electron chi connectivity index (χ1n) is 10.6. The van der Waals surface area contributed by atoms with Crippen LogP contribution in [0.2, 0.25) is 0 Å². The SMILES string of the molecule is COc1ccc(Cn2cc(NC(=O)c3c[nH]c(=O)c(C4Cc5ccccc5N4)c3)cn2)cc1. The molecular weight excluding hydrogens is 418 g/mol. The number of hydrogen-bond donors (Lipinski definition) is 3. The molecule has 5 rings (SSSR count). The summed E-state index contributed by atoms with van der Waals surface area (Å²) in [6, 6.07) is 17.2. The van der Waals surface area contributed by atoms with Gasteiger partial charge in [0.1, 0.15) is 5.75 Å². The summed E-state index contributed by atoms with van der Waals surface area (Å²) < 4.78 is 6.92. The average Bonchev–Trinajstić information content (AvgIpc) is 3.46. The number of hydrogen-bond acceptors (Lipinski definition) is 5. The van der Waals surface area contributed by atoms with Gasteiger partial charge in [-0.15, -0.1) is 0 Å². The number of ether oxygens (including phenoxy) is 1. The van der Waals surface area contributed by atoms with Gasteiger partial charge in [0.2, 0.25) is 0 Å². The molecule has 0 saturated heterocycles. The zero-order valence-electron chi connectivity index (χ0n) is 18.0. The van der Waals surface area contributed by atoms with Crippen LogP contribution in [0.15, 0.2) is 78.0 Å². The molecule has 0 bridgehead atoms. The molecule has 33 heavy (non-hydrogen) atoms. The number of amides is 1. The van der Waals surface area contributed by atoms with Crippen LogP contribution in [0.3, 0.4) is 0 Å². The maximum atomic E-state index is 12.8. The highest BCUT2D eigenvalue weighted by molar-refractivity contribution is 6.04. The highest BCUT2D eigenvalue weighted by Crippen LogP contribution is 2.32. The van der Waals surface area contributed by atoms with Crippen LogP contribution in [0.25, 0.3) is 0 Å². The van der Waals surface area contributed by atoms with Crippen molar-refractivity contribution in [3.8, 4) is 5.75 Å². The number of nitrogens with one attached hydrogen (secondary N) is 3. The monoisotopic (exact) mass is 441 g/mol. The maximum absolute atomic E-state index is 12.8. The molecule has 8 nitrogen and oxygen atoms in total. The molecule has 4 aromatic rings. The van der Waals surface area contributed by atoms with Gasteiger partial charge in [-0.1, -0.05) is 30.3 Å². The summed E-state index contributed by atoms with van der Waals surface area (Å²) >= 11 is 0. The van der Waals surface area contributed by atoms with Gasteiger partial charge in [0, 0.05) is 23.6 Å². The van der Waals surface area contributed by atoms with E-state index in [1.54, 1.807) is 30.3 Å². The van der Waals surface area contributed by atoms with Crippen LogP contribution in [0.4, 0.5) is 11.4 Å². The molecular formula is C25H23N5O3. The van der Waals surface area contributed by atoms with Crippen molar-refractivity contribution in [2.45, 2.75) is 19.0 Å². The molecule has 0 saturated carbocycles. The smallest absolute Gasteiger partial charge is 0.257 e. The third-order valence-electron chi connectivity index (χ3n) is 5.74. The second-order valence-corrected chi connectivity index (χ2v) is 7.96. The Hall–Kier alpha value is -4.33. The summed E-state index contributed by atoms with van der Waals surface area (Å²) in [4.78, 5) is 28.0. The molecule has 8 heteroatoms. The van der Waals surface area contributed by atoms with E-state index in [2.05, 4.69) is 20.7 Å². The maximum Gasteiger partial charge on any atom is 0.257 e. The summed E-state index contributed by atoms with van der Waals surface area (Å²) in [5.74, 6) is 0.483. The van der Waals surface area contributed by atoms with Crippen molar-refractivity contribution in [3.05, 3.63) is 106 Å². The van der Waals surface area contributed by atoms with Crippen molar-refractivity contribution in [3.63, 3.8) is 0 Å². The minimum atomic E-state index is -0.313. The van der Waals surface area contributed by atoms with Gasteiger partial charge in [-0.3, -0.25) is 14.3 Å². The van der Waals surface area contributed by atoms with E-state index in [9.17, 15) is 9.59 Å². The number of methoxy groups -OCH3 is 1. The molecule has 0 radical (unpaired) electrons. The molecule has 1 amide bonds. The summed E-state index contributed by atoms with van der Waals surface area (Å²) in [5.41, 5.74) is 4.52. The Labute approximate surface area is 190 Å². The van der Waals surface area contributed by atoms with Crippen LogP contribution in [-0.2, 0) is 13.0 Å². The first kappa shape index (κ1) is 20.6. The molecule has 2 aromatic heterocycles. The molecule has 3 N–H and O–H groups in total. The fourth-order valence-corrected chi connectivity index (χ4v) is 4.01. The van der Waals surface area contributed by atoms with Crippen LogP contribution in [0, 0.1) is 0 Å². The summed E-state index contributed by atoms with van der Waals surface area (Å²) in [6.07, 6.45) is 5.50. The lowest BCUT2D eigenvalue weighted by molar-refractivity contribution is 0.102. The molecule has 1 atom stereocenters. The van der Waals surface area contributed by atoms with Gasteiger partial charge in [-0.05, 0) is 41.8 Å².